The smallest absolute Gasteiger partial charge is 0.256 e. The molecular weight excluding hydrogens is 458 g/mol. The maximum absolute atomic E-state index is 13.4. The molecule has 3 aromatic carbocycles. The van der Waals surface area contributed by atoms with Crippen molar-refractivity contribution >= 4 is 52.1 Å². The van der Waals surface area contributed by atoms with E-state index in [2.05, 4.69) is 5.32 Å². The van der Waals surface area contributed by atoms with Gasteiger partial charge < -0.3 is 15.0 Å². The van der Waals surface area contributed by atoms with E-state index >= 15 is 0 Å². The summed E-state index contributed by atoms with van der Waals surface area (Å²) in [6.07, 6.45) is -0.0658. The molecule has 1 heterocycles. The summed E-state index contributed by atoms with van der Waals surface area (Å²) in [6.45, 7) is 0.377. The van der Waals surface area contributed by atoms with Crippen LogP contribution in [0.3, 0.4) is 0 Å². The second-order valence-corrected chi connectivity index (χ2v) is 8.29. The summed E-state index contributed by atoms with van der Waals surface area (Å²) in [5.41, 5.74) is 2.11. The van der Waals surface area contributed by atoms with E-state index in [4.69, 9.17) is 28.6 Å². The number of nitrogens with zero attached hydrogens (tertiary/aromatic N) is 2. The number of carbonyl (C=O) groups is 2. The van der Waals surface area contributed by atoms with Crippen molar-refractivity contribution < 1.29 is 14.3 Å². The van der Waals surface area contributed by atoms with Gasteiger partial charge in [0.2, 0.25) is 5.91 Å². The molecule has 33 heavy (non-hydrogen) atoms. The van der Waals surface area contributed by atoms with Gasteiger partial charge in [-0.15, -0.1) is 0 Å². The van der Waals surface area contributed by atoms with E-state index in [1.807, 2.05) is 54.6 Å². The Kier molecular flexibility index (Phi) is 6.91. The van der Waals surface area contributed by atoms with Crippen molar-refractivity contribution in [2.24, 2.45) is 0 Å². The molecule has 0 aromatic heterocycles. The van der Waals surface area contributed by atoms with Crippen molar-refractivity contribution in [3.63, 3.8) is 0 Å². The van der Waals surface area contributed by atoms with Crippen molar-refractivity contribution in [1.82, 2.24) is 4.90 Å². The molecule has 4 rings (SSSR count). The summed E-state index contributed by atoms with van der Waals surface area (Å²) >= 11 is 11.9. The van der Waals surface area contributed by atoms with Gasteiger partial charge in [-0.05, 0) is 54.2 Å². The minimum absolute atomic E-state index is 0.0658. The predicted octanol–water partition coefficient (Wildman–Crippen LogP) is 4.88. The van der Waals surface area contributed by atoms with E-state index in [-0.39, 0.29) is 18.2 Å². The zero-order chi connectivity index (χ0) is 23.4. The molecule has 6 nitrogen and oxygen atoms in total. The third kappa shape index (κ3) is 4.99. The van der Waals surface area contributed by atoms with Gasteiger partial charge in [-0.3, -0.25) is 14.5 Å². The maximum Gasteiger partial charge on any atom is 0.256 e. The summed E-state index contributed by atoms with van der Waals surface area (Å²) in [5.74, 6) is 0.174. The van der Waals surface area contributed by atoms with Crippen LogP contribution in [0.4, 0.5) is 11.4 Å². The lowest BCUT2D eigenvalue weighted by atomic mass is 10.1. The average molecular weight is 480 g/mol. The lowest BCUT2D eigenvalue weighted by Gasteiger charge is -2.24. The highest BCUT2D eigenvalue weighted by molar-refractivity contribution is 7.80. The molecule has 1 N–H and O–H groups in total. The molecule has 3 aromatic rings. The molecule has 0 saturated carbocycles. The van der Waals surface area contributed by atoms with E-state index in [0.717, 1.165) is 11.3 Å². The van der Waals surface area contributed by atoms with Crippen LogP contribution in [-0.2, 0) is 16.1 Å². The summed E-state index contributed by atoms with van der Waals surface area (Å²) in [6, 6.07) is 23.0. The fourth-order valence-corrected chi connectivity index (χ4v) is 4.27. The highest BCUT2D eigenvalue weighted by atomic mass is 35.5. The Labute approximate surface area is 202 Å². The molecule has 0 radical (unpaired) electrons. The highest BCUT2D eigenvalue weighted by Gasteiger charge is 2.44. The van der Waals surface area contributed by atoms with Crippen LogP contribution in [0, 0.1) is 0 Å². The number of nitrogens with one attached hydrogen (secondary N) is 1. The summed E-state index contributed by atoms with van der Waals surface area (Å²) < 4.78 is 5.23. The van der Waals surface area contributed by atoms with Gasteiger partial charge in [0.1, 0.15) is 11.8 Å². The first-order chi connectivity index (χ1) is 16.0. The van der Waals surface area contributed by atoms with E-state index in [0.29, 0.717) is 28.1 Å². The number of hydrogen-bond acceptors (Lipinski definition) is 4. The van der Waals surface area contributed by atoms with Gasteiger partial charge in [0.25, 0.3) is 5.91 Å². The Morgan fingerprint density at radius 1 is 1.03 bits per heavy atom. The topological polar surface area (TPSA) is 61.9 Å². The number of ether oxygens (including phenoxy) is 1. The zero-order valence-corrected chi connectivity index (χ0v) is 19.5. The van der Waals surface area contributed by atoms with Gasteiger partial charge in [-0.25, -0.2) is 0 Å². The Balaban J connectivity index is 1.60. The number of hydrogen-bond donors (Lipinski definition) is 1. The van der Waals surface area contributed by atoms with Crippen molar-refractivity contribution in [2.45, 2.75) is 19.0 Å². The number of halogens is 1. The number of rotatable bonds is 7. The SMILES string of the molecule is COc1ccc(CN2C(=S)N(c3ccccc3)C(=O)[C@H]2CC(=O)Nc2ccccc2Cl)cc1. The van der Waals surface area contributed by atoms with Gasteiger partial charge >= 0.3 is 0 Å². The van der Waals surface area contributed by atoms with Crippen molar-refractivity contribution in [3.8, 4) is 5.75 Å². The number of benzene rings is 3. The summed E-state index contributed by atoms with van der Waals surface area (Å²) in [7, 11) is 1.61. The number of para-hydroxylation sites is 2. The Morgan fingerprint density at radius 3 is 2.36 bits per heavy atom. The average Bonchev–Trinajstić information content (AvgIpc) is 3.05. The Bertz CT molecular complexity index is 1170. The van der Waals surface area contributed by atoms with Gasteiger partial charge in [0.15, 0.2) is 5.11 Å². The lowest BCUT2D eigenvalue weighted by molar-refractivity contribution is -0.124. The van der Waals surface area contributed by atoms with Gasteiger partial charge in [-0.2, -0.15) is 0 Å². The molecule has 0 unspecified atom stereocenters. The minimum atomic E-state index is -0.748. The molecule has 168 valence electrons. The summed E-state index contributed by atoms with van der Waals surface area (Å²) in [5, 5.41) is 3.59. The van der Waals surface area contributed by atoms with Crippen LogP contribution in [-0.4, -0.2) is 35.0 Å². The van der Waals surface area contributed by atoms with Crippen LogP contribution in [0.5, 0.6) is 5.75 Å². The van der Waals surface area contributed by atoms with Gasteiger partial charge in [-0.1, -0.05) is 54.1 Å². The predicted molar refractivity (Wildman–Crippen MR) is 134 cm³/mol. The Morgan fingerprint density at radius 2 is 1.70 bits per heavy atom. The second-order valence-electron chi connectivity index (χ2n) is 7.52. The third-order valence-electron chi connectivity index (χ3n) is 5.37. The molecule has 1 fully saturated rings. The number of methoxy groups -OCH3 is 1. The molecule has 0 aliphatic carbocycles. The van der Waals surface area contributed by atoms with Crippen LogP contribution in [0.15, 0.2) is 78.9 Å². The van der Waals surface area contributed by atoms with Gasteiger partial charge in [0, 0.05) is 6.54 Å². The normalized spacial score (nSPS) is 15.6. The van der Waals surface area contributed by atoms with Gasteiger partial charge in [0.05, 0.1) is 29.9 Å². The molecule has 1 aliphatic rings. The fourth-order valence-electron chi connectivity index (χ4n) is 3.70. The second kappa shape index (κ2) is 10.0. The number of amides is 2. The first-order valence-electron chi connectivity index (χ1n) is 10.3. The first-order valence-corrected chi connectivity index (χ1v) is 11.1. The monoisotopic (exact) mass is 479 g/mol. The molecule has 1 saturated heterocycles. The number of thiocarbonyl (C=S) groups is 1. The lowest BCUT2D eigenvalue weighted by Crippen LogP contribution is -2.37. The number of carbonyl (C=O) groups excluding carboxylic acids is 2. The van der Waals surface area contributed by atoms with Crippen molar-refractivity contribution in [2.75, 3.05) is 17.3 Å². The van der Waals surface area contributed by atoms with Crippen LogP contribution in [0.1, 0.15) is 12.0 Å². The molecule has 2 amide bonds. The van der Waals surface area contributed by atoms with Crippen molar-refractivity contribution in [3.05, 3.63) is 89.4 Å². The summed E-state index contributed by atoms with van der Waals surface area (Å²) in [4.78, 5) is 29.6. The third-order valence-corrected chi connectivity index (χ3v) is 6.12. The van der Waals surface area contributed by atoms with E-state index in [9.17, 15) is 9.59 Å². The highest BCUT2D eigenvalue weighted by Crippen LogP contribution is 2.29. The van der Waals surface area contributed by atoms with E-state index in [1.54, 1.807) is 36.3 Å². The largest absolute Gasteiger partial charge is 0.497 e. The molecule has 1 atom stereocenters. The molecule has 0 bridgehead atoms. The van der Waals surface area contributed by atoms with Crippen LogP contribution in [0.25, 0.3) is 0 Å². The molecular formula is C25H22ClN3O3S. The number of anilines is 2. The quantitative estimate of drug-likeness (QED) is 0.489. The van der Waals surface area contributed by atoms with E-state index < -0.39 is 6.04 Å². The Hall–Kier alpha value is -3.42. The zero-order valence-electron chi connectivity index (χ0n) is 17.9. The van der Waals surface area contributed by atoms with Crippen LogP contribution < -0.4 is 15.0 Å². The first kappa shape index (κ1) is 22.8. The molecule has 1 aliphatic heterocycles. The standard InChI is InChI=1S/C25H22ClN3O3S/c1-32-19-13-11-17(12-14-19)16-28-22(15-23(30)27-21-10-6-5-9-20(21)26)24(31)29(25(28)33)18-7-3-2-4-8-18/h2-14,22H,15-16H2,1H3,(H,27,30)/t22-/m1/s1. The molecule has 8 heteroatoms. The maximum atomic E-state index is 13.4. The minimum Gasteiger partial charge on any atom is -0.497 e. The molecule has 0 spiro atoms. The van der Waals surface area contributed by atoms with Crippen LogP contribution in [0.2, 0.25) is 5.02 Å². The van der Waals surface area contributed by atoms with Crippen LogP contribution >= 0.6 is 23.8 Å². The van der Waals surface area contributed by atoms with Crippen molar-refractivity contribution in [1.29, 1.82) is 0 Å². The van der Waals surface area contributed by atoms with E-state index in [1.165, 1.54) is 4.90 Å². The fraction of sp³-hybridized carbons (Fsp3) is 0.160.